The minimum absolute atomic E-state index is 0.00162. The maximum atomic E-state index is 13.8. The smallest absolute Gasteiger partial charge is 0.243 e. The van der Waals surface area contributed by atoms with Gasteiger partial charge in [-0.2, -0.15) is 4.31 Å². The first-order chi connectivity index (χ1) is 18.9. The van der Waals surface area contributed by atoms with Crippen LogP contribution in [0.3, 0.4) is 0 Å². The summed E-state index contributed by atoms with van der Waals surface area (Å²) in [6.45, 7) is 5.23. The van der Waals surface area contributed by atoms with E-state index in [0.717, 1.165) is 18.5 Å². The van der Waals surface area contributed by atoms with Crippen molar-refractivity contribution >= 4 is 21.8 Å². The van der Waals surface area contributed by atoms with E-state index in [9.17, 15) is 18.0 Å². The molecule has 8 nitrogen and oxygen atoms in total. The van der Waals surface area contributed by atoms with E-state index in [-0.39, 0.29) is 41.3 Å². The van der Waals surface area contributed by atoms with Crippen LogP contribution in [0.2, 0.25) is 0 Å². The minimum atomic E-state index is -3.79. The van der Waals surface area contributed by atoms with E-state index in [0.29, 0.717) is 51.9 Å². The van der Waals surface area contributed by atoms with Gasteiger partial charge in [-0.1, -0.05) is 48.5 Å². The van der Waals surface area contributed by atoms with Crippen LogP contribution in [0.5, 0.6) is 0 Å². The van der Waals surface area contributed by atoms with Crippen LogP contribution in [0, 0.1) is 11.8 Å². The van der Waals surface area contributed by atoms with Crippen molar-refractivity contribution in [1.29, 1.82) is 0 Å². The molecule has 39 heavy (non-hydrogen) atoms. The summed E-state index contributed by atoms with van der Waals surface area (Å²) in [5.74, 6) is -0.300. The SMILES string of the molecule is CCOC1CCN(C(=O)C2CCN(C(=O)C3CCC(c4ccccc4)N(S(=O)(=O)c4ccccc4)C3)CC2)C1. The number of carbonyl (C=O) groups is 2. The number of likely N-dealkylation sites (tertiary alicyclic amines) is 2. The van der Waals surface area contributed by atoms with Crippen LogP contribution in [0.25, 0.3) is 0 Å². The number of amides is 2. The van der Waals surface area contributed by atoms with Gasteiger partial charge in [0.2, 0.25) is 21.8 Å². The fourth-order valence-electron chi connectivity index (χ4n) is 6.31. The summed E-state index contributed by atoms with van der Waals surface area (Å²) in [4.78, 5) is 30.7. The Hall–Kier alpha value is -2.75. The van der Waals surface area contributed by atoms with Gasteiger partial charge in [0.15, 0.2) is 0 Å². The van der Waals surface area contributed by atoms with Crippen LogP contribution >= 0.6 is 0 Å². The van der Waals surface area contributed by atoms with Gasteiger partial charge in [0, 0.05) is 45.2 Å². The molecule has 2 aromatic rings. The van der Waals surface area contributed by atoms with E-state index in [4.69, 9.17) is 4.74 Å². The molecular formula is C30H39N3O5S. The van der Waals surface area contributed by atoms with Crippen molar-refractivity contribution in [3.8, 4) is 0 Å². The zero-order chi connectivity index (χ0) is 27.4. The first-order valence-electron chi connectivity index (χ1n) is 14.2. The first kappa shape index (κ1) is 27.8. The van der Waals surface area contributed by atoms with Crippen LogP contribution in [0.4, 0.5) is 0 Å². The molecule has 3 heterocycles. The Morgan fingerprint density at radius 1 is 0.769 bits per heavy atom. The topological polar surface area (TPSA) is 87.2 Å². The molecule has 0 aliphatic carbocycles. The second-order valence-electron chi connectivity index (χ2n) is 10.8. The highest BCUT2D eigenvalue weighted by atomic mass is 32.2. The number of nitrogens with zero attached hydrogens (tertiary/aromatic N) is 3. The molecule has 3 unspecified atom stereocenters. The Morgan fingerprint density at radius 3 is 2.05 bits per heavy atom. The highest BCUT2D eigenvalue weighted by Gasteiger charge is 2.42. The van der Waals surface area contributed by atoms with Gasteiger partial charge in [0.25, 0.3) is 0 Å². The van der Waals surface area contributed by atoms with Gasteiger partial charge < -0.3 is 14.5 Å². The van der Waals surface area contributed by atoms with Crippen molar-refractivity contribution in [2.24, 2.45) is 11.8 Å². The molecule has 3 aliphatic rings. The summed E-state index contributed by atoms with van der Waals surface area (Å²) in [6, 6.07) is 17.8. The summed E-state index contributed by atoms with van der Waals surface area (Å²) in [5, 5.41) is 0. The molecule has 9 heteroatoms. The molecule has 3 fully saturated rings. The second-order valence-corrected chi connectivity index (χ2v) is 12.7. The van der Waals surface area contributed by atoms with Gasteiger partial charge in [-0.25, -0.2) is 8.42 Å². The number of sulfonamides is 1. The molecule has 3 saturated heterocycles. The van der Waals surface area contributed by atoms with E-state index >= 15 is 0 Å². The third-order valence-corrected chi connectivity index (χ3v) is 10.3. The van der Waals surface area contributed by atoms with Gasteiger partial charge >= 0.3 is 0 Å². The lowest BCUT2D eigenvalue weighted by Gasteiger charge is -2.41. The third-order valence-electron chi connectivity index (χ3n) is 8.43. The Balaban J connectivity index is 1.25. The van der Waals surface area contributed by atoms with Gasteiger partial charge in [0.05, 0.1) is 23.0 Å². The molecule has 5 rings (SSSR count). The molecule has 3 atom stereocenters. The third kappa shape index (κ3) is 6.05. The first-order valence-corrected chi connectivity index (χ1v) is 15.6. The molecule has 2 amide bonds. The lowest BCUT2D eigenvalue weighted by molar-refractivity contribution is -0.143. The Bertz CT molecular complexity index is 1230. The summed E-state index contributed by atoms with van der Waals surface area (Å²) >= 11 is 0. The maximum Gasteiger partial charge on any atom is 0.243 e. The van der Waals surface area contributed by atoms with Gasteiger partial charge in [-0.3, -0.25) is 9.59 Å². The van der Waals surface area contributed by atoms with Crippen LogP contribution in [0.1, 0.15) is 50.6 Å². The van der Waals surface area contributed by atoms with Gasteiger partial charge in [0.1, 0.15) is 0 Å². The van der Waals surface area contributed by atoms with E-state index in [1.807, 2.05) is 47.1 Å². The van der Waals surface area contributed by atoms with E-state index < -0.39 is 15.9 Å². The molecule has 0 radical (unpaired) electrons. The van der Waals surface area contributed by atoms with Gasteiger partial charge in [-0.05, 0) is 56.7 Å². The average molecular weight is 554 g/mol. The van der Waals surface area contributed by atoms with Gasteiger partial charge in [-0.15, -0.1) is 0 Å². The average Bonchev–Trinajstić information content (AvgIpc) is 3.46. The van der Waals surface area contributed by atoms with Crippen LogP contribution < -0.4 is 0 Å². The molecule has 210 valence electrons. The highest BCUT2D eigenvalue weighted by molar-refractivity contribution is 7.89. The van der Waals surface area contributed by atoms with E-state index in [1.165, 1.54) is 4.31 Å². The van der Waals surface area contributed by atoms with Crippen molar-refractivity contribution in [2.75, 3.05) is 39.3 Å². The second kappa shape index (κ2) is 12.2. The molecule has 0 N–H and O–H groups in total. The molecule has 0 bridgehead atoms. The van der Waals surface area contributed by atoms with Crippen LogP contribution in [0.15, 0.2) is 65.6 Å². The summed E-state index contributed by atoms with van der Waals surface area (Å²) in [6.07, 6.45) is 3.51. The van der Waals surface area contributed by atoms with E-state index in [1.54, 1.807) is 30.3 Å². The fraction of sp³-hybridized carbons (Fsp3) is 0.533. The van der Waals surface area contributed by atoms with Crippen molar-refractivity contribution < 1.29 is 22.7 Å². The van der Waals surface area contributed by atoms with Crippen LogP contribution in [-0.4, -0.2) is 79.8 Å². The van der Waals surface area contributed by atoms with Crippen molar-refractivity contribution in [2.45, 2.75) is 56.1 Å². The largest absolute Gasteiger partial charge is 0.377 e. The summed E-state index contributed by atoms with van der Waals surface area (Å²) in [7, 11) is -3.79. The number of carbonyl (C=O) groups excluding carboxylic acids is 2. The number of ether oxygens (including phenoxy) is 1. The number of benzene rings is 2. The lowest BCUT2D eigenvalue weighted by Crippen LogP contribution is -2.50. The quantitative estimate of drug-likeness (QED) is 0.522. The summed E-state index contributed by atoms with van der Waals surface area (Å²) < 4.78 is 34.8. The number of hydrogen-bond donors (Lipinski definition) is 0. The Labute approximate surface area is 232 Å². The monoisotopic (exact) mass is 553 g/mol. The number of hydrogen-bond acceptors (Lipinski definition) is 5. The zero-order valence-electron chi connectivity index (χ0n) is 22.7. The predicted molar refractivity (Wildman–Crippen MR) is 148 cm³/mol. The normalized spacial score (nSPS) is 25.1. The maximum absolute atomic E-state index is 13.8. The number of piperidine rings is 2. The highest BCUT2D eigenvalue weighted by Crippen LogP contribution is 2.38. The molecule has 3 aliphatic heterocycles. The zero-order valence-corrected chi connectivity index (χ0v) is 23.5. The lowest BCUT2D eigenvalue weighted by atomic mass is 9.88. The predicted octanol–water partition coefficient (Wildman–Crippen LogP) is 3.70. The molecule has 2 aromatic carbocycles. The van der Waals surface area contributed by atoms with Crippen molar-refractivity contribution in [3.63, 3.8) is 0 Å². The molecule has 0 saturated carbocycles. The van der Waals surface area contributed by atoms with Crippen molar-refractivity contribution in [3.05, 3.63) is 66.2 Å². The Morgan fingerprint density at radius 2 is 1.38 bits per heavy atom. The van der Waals surface area contributed by atoms with Crippen LogP contribution in [-0.2, 0) is 24.3 Å². The molecule has 0 aromatic heterocycles. The minimum Gasteiger partial charge on any atom is -0.377 e. The molecular weight excluding hydrogens is 514 g/mol. The number of rotatable bonds is 7. The van der Waals surface area contributed by atoms with E-state index in [2.05, 4.69) is 0 Å². The van der Waals surface area contributed by atoms with Crippen molar-refractivity contribution in [1.82, 2.24) is 14.1 Å². The molecule has 0 spiro atoms. The Kier molecular flexibility index (Phi) is 8.69. The standard InChI is InChI=1S/C30H39N3O5S/c1-2-38-26-17-20-32(22-26)29(34)24-15-18-31(19-16-24)30(35)25-13-14-28(23-9-5-3-6-10-23)33(21-25)39(36,37)27-11-7-4-8-12-27/h3-12,24-26,28H,2,13-22H2,1H3. The summed E-state index contributed by atoms with van der Waals surface area (Å²) in [5.41, 5.74) is 0.940. The fourth-order valence-corrected chi connectivity index (χ4v) is 8.02.